The molecule has 4 rings (SSSR count). The molecule has 1 fully saturated rings. The number of benzene rings is 2. The molecule has 2 aliphatic heterocycles. The molecule has 0 atom stereocenters. The summed E-state index contributed by atoms with van der Waals surface area (Å²) in [6, 6.07) is 13.3. The van der Waals surface area contributed by atoms with E-state index >= 15 is 0 Å². The standard InChI is InChI=1S/C25H25F3N2O2/c1-18(31)30-16-20-7-3-4-8-21(20)24(17-30)12-14-29(15-13-24)23(32)11-10-19-6-2-5-9-22(19)25(26,27)28/h2-11H,12-17H2,1H3. The number of halogens is 3. The van der Waals surface area contributed by atoms with Crippen molar-refractivity contribution >= 4 is 17.9 Å². The fourth-order valence-corrected chi connectivity index (χ4v) is 4.86. The lowest BCUT2D eigenvalue weighted by Crippen LogP contribution is -2.53. The van der Waals surface area contributed by atoms with Gasteiger partial charge < -0.3 is 9.80 Å². The van der Waals surface area contributed by atoms with Crippen molar-refractivity contribution in [3.8, 4) is 0 Å². The van der Waals surface area contributed by atoms with Gasteiger partial charge in [-0.15, -0.1) is 0 Å². The van der Waals surface area contributed by atoms with Crippen LogP contribution in [0.25, 0.3) is 6.08 Å². The quantitative estimate of drug-likeness (QED) is 0.636. The lowest BCUT2D eigenvalue weighted by molar-refractivity contribution is -0.137. The van der Waals surface area contributed by atoms with E-state index in [1.165, 1.54) is 35.9 Å². The Morgan fingerprint density at radius 2 is 1.62 bits per heavy atom. The maximum absolute atomic E-state index is 13.2. The summed E-state index contributed by atoms with van der Waals surface area (Å²) in [6.45, 7) is 3.77. The third-order valence-electron chi connectivity index (χ3n) is 6.59. The van der Waals surface area contributed by atoms with Crippen molar-refractivity contribution in [1.82, 2.24) is 9.80 Å². The van der Waals surface area contributed by atoms with Gasteiger partial charge in [-0.2, -0.15) is 13.2 Å². The number of piperidine rings is 1. The molecule has 1 spiro atoms. The number of alkyl halides is 3. The molecule has 0 saturated carbocycles. The van der Waals surface area contributed by atoms with Crippen molar-refractivity contribution < 1.29 is 22.8 Å². The minimum absolute atomic E-state index is 0.0277. The monoisotopic (exact) mass is 442 g/mol. The zero-order valence-electron chi connectivity index (χ0n) is 17.9. The zero-order valence-corrected chi connectivity index (χ0v) is 17.9. The van der Waals surface area contributed by atoms with E-state index in [1.54, 1.807) is 11.8 Å². The van der Waals surface area contributed by atoms with Crippen LogP contribution in [0.4, 0.5) is 13.2 Å². The molecule has 0 aromatic heterocycles. The second-order valence-electron chi connectivity index (χ2n) is 8.56. The maximum atomic E-state index is 13.2. The van der Waals surface area contributed by atoms with E-state index in [0.717, 1.165) is 11.6 Å². The molecule has 2 heterocycles. The molecular formula is C25H25F3N2O2. The first-order chi connectivity index (χ1) is 15.2. The first-order valence-electron chi connectivity index (χ1n) is 10.7. The molecule has 2 aromatic carbocycles. The predicted molar refractivity (Wildman–Crippen MR) is 116 cm³/mol. The van der Waals surface area contributed by atoms with Crippen molar-refractivity contribution in [3.63, 3.8) is 0 Å². The summed E-state index contributed by atoms with van der Waals surface area (Å²) in [4.78, 5) is 28.3. The van der Waals surface area contributed by atoms with E-state index in [9.17, 15) is 22.8 Å². The van der Waals surface area contributed by atoms with Crippen LogP contribution in [-0.4, -0.2) is 41.2 Å². The van der Waals surface area contributed by atoms with Crippen molar-refractivity contribution in [2.24, 2.45) is 0 Å². The van der Waals surface area contributed by atoms with E-state index < -0.39 is 11.7 Å². The fraction of sp³-hybridized carbons (Fsp3) is 0.360. The van der Waals surface area contributed by atoms with Gasteiger partial charge in [0, 0.05) is 44.6 Å². The van der Waals surface area contributed by atoms with Gasteiger partial charge in [-0.05, 0) is 41.7 Å². The molecule has 0 unspecified atom stereocenters. The third kappa shape index (κ3) is 4.29. The van der Waals surface area contributed by atoms with Gasteiger partial charge in [-0.1, -0.05) is 42.5 Å². The molecule has 2 aliphatic rings. The van der Waals surface area contributed by atoms with E-state index in [1.807, 2.05) is 23.1 Å². The summed E-state index contributed by atoms with van der Waals surface area (Å²) >= 11 is 0. The van der Waals surface area contributed by atoms with E-state index in [-0.39, 0.29) is 22.8 Å². The number of carbonyl (C=O) groups excluding carboxylic acids is 2. The lowest BCUT2D eigenvalue weighted by Gasteiger charge is -2.48. The molecule has 0 N–H and O–H groups in total. The summed E-state index contributed by atoms with van der Waals surface area (Å²) in [5, 5.41) is 0. The van der Waals surface area contributed by atoms with Crippen molar-refractivity contribution in [2.75, 3.05) is 19.6 Å². The molecule has 2 aromatic rings. The molecular weight excluding hydrogens is 417 g/mol. The third-order valence-corrected chi connectivity index (χ3v) is 6.59. The largest absolute Gasteiger partial charge is 0.416 e. The maximum Gasteiger partial charge on any atom is 0.416 e. The van der Waals surface area contributed by atoms with Gasteiger partial charge in [-0.25, -0.2) is 0 Å². The summed E-state index contributed by atoms with van der Waals surface area (Å²) in [5.41, 5.74) is 1.38. The lowest BCUT2D eigenvalue weighted by atomic mass is 9.69. The van der Waals surface area contributed by atoms with Crippen LogP contribution in [0.1, 0.15) is 42.0 Å². The van der Waals surface area contributed by atoms with Crippen LogP contribution >= 0.6 is 0 Å². The highest BCUT2D eigenvalue weighted by atomic mass is 19.4. The molecule has 1 saturated heterocycles. The topological polar surface area (TPSA) is 40.6 Å². The fourth-order valence-electron chi connectivity index (χ4n) is 4.86. The smallest absolute Gasteiger partial charge is 0.339 e. The summed E-state index contributed by atoms with van der Waals surface area (Å²) in [6.07, 6.45) is -0.611. The molecule has 4 nitrogen and oxygen atoms in total. The highest BCUT2D eigenvalue weighted by molar-refractivity contribution is 5.92. The predicted octanol–water partition coefficient (Wildman–Crippen LogP) is 4.64. The van der Waals surface area contributed by atoms with Gasteiger partial charge in [0.15, 0.2) is 0 Å². The molecule has 2 amide bonds. The number of rotatable bonds is 2. The van der Waals surface area contributed by atoms with E-state index in [4.69, 9.17) is 0 Å². The first kappa shape index (κ1) is 22.1. The second-order valence-corrected chi connectivity index (χ2v) is 8.56. The molecule has 7 heteroatoms. The van der Waals surface area contributed by atoms with Gasteiger partial charge in [0.25, 0.3) is 0 Å². The van der Waals surface area contributed by atoms with Gasteiger partial charge in [-0.3, -0.25) is 9.59 Å². The number of nitrogens with zero attached hydrogens (tertiary/aromatic N) is 2. The van der Waals surface area contributed by atoms with Crippen molar-refractivity contribution in [3.05, 3.63) is 76.9 Å². The van der Waals surface area contributed by atoms with Crippen molar-refractivity contribution in [2.45, 2.75) is 37.9 Å². The number of likely N-dealkylation sites (tertiary alicyclic amines) is 1. The van der Waals surface area contributed by atoms with Crippen LogP contribution in [-0.2, 0) is 27.7 Å². The Morgan fingerprint density at radius 1 is 0.969 bits per heavy atom. The van der Waals surface area contributed by atoms with Gasteiger partial charge in [0.2, 0.25) is 11.8 Å². The zero-order chi connectivity index (χ0) is 22.9. The Bertz CT molecular complexity index is 1050. The minimum atomic E-state index is -4.47. The number of fused-ring (bicyclic) bond motifs is 2. The number of carbonyl (C=O) groups is 2. The molecule has 32 heavy (non-hydrogen) atoms. The Morgan fingerprint density at radius 3 is 2.31 bits per heavy atom. The highest BCUT2D eigenvalue weighted by Crippen LogP contribution is 2.42. The number of hydrogen-bond acceptors (Lipinski definition) is 2. The van der Waals surface area contributed by atoms with Crippen molar-refractivity contribution in [1.29, 1.82) is 0 Å². The number of hydrogen-bond donors (Lipinski definition) is 0. The average molecular weight is 442 g/mol. The van der Waals surface area contributed by atoms with Gasteiger partial charge in [0.05, 0.1) is 5.56 Å². The average Bonchev–Trinajstić information content (AvgIpc) is 2.77. The van der Waals surface area contributed by atoms with E-state index in [2.05, 4.69) is 6.07 Å². The minimum Gasteiger partial charge on any atom is -0.339 e. The summed E-state index contributed by atoms with van der Waals surface area (Å²) in [5.74, 6) is -0.270. The molecule has 0 bridgehead atoms. The molecule has 168 valence electrons. The first-order valence-corrected chi connectivity index (χ1v) is 10.7. The van der Waals surface area contributed by atoms with Crippen LogP contribution in [0.5, 0.6) is 0 Å². The Labute approximate surface area is 185 Å². The Kier molecular flexibility index (Phi) is 5.84. The second kappa shape index (κ2) is 8.45. The van der Waals surface area contributed by atoms with Crippen LogP contribution in [0.15, 0.2) is 54.6 Å². The van der Waals surface area contributed by atoms with Crippen LogP contribution < -0.4 is 0 Å². The normalized spacial score (nSPS) is 18.1. The molecule has 0 aliphatic carbocycles. The van der Waals surface area contributed by atoms with Gasteiger partial charge in [0.1, 0.15) is 0 Å². The number of amides is 2. The summed E-state index contributed by atoms with van der Waals surface area (Å²) in [7, 11) is 0. The molecule has 0 radical (unpaired) electrons. The highest BCUT2D eigenvalue weighted by Gasteiger charge is 2.43. The van der Waals surface area contributed by atoms with Crippen LogP contribution in [0.3, 0.4) is 0 Å². The summed E-state index contributed by atoms with van der Waals surface area (Å²) < 4.78 is 39.5. The Balaban J connectivity index is 1.49. The van der Waals surface area contributed by atoms with E-state index in [0.29, 0.717) is 39.0 Å². The van der Waals surface area contributed by atoms with Crippen LogP contribution in [0, 0.1) is 0 Å². The van der Waals surface area contributed by atoms with Gasteiger partial charge >= 0.3 is 6.18 Å². The SMILES string of the molecule is CC(=O)N1Cc2ccccc2C2(CCN(C(=O)C=Cc3ccccc3C(F)(F)F)CC2)C1. The Hall–Kier alpha value is -3.09. The van der Waals surface area contributed by atoms with Crippen LogP contribution in [0.2, 0.25) is 0 Å².